The molecule has 0 aliphatic heterocycles. The Kier molecular flexibility index (Phi) is 3.84. The Balaban J connectivity index is 1.59. The fraction of sp³-hybridized carbons (Fsp3) is 0.333. The predicted octanol–water partition coefficient (Wildman–Crippen LogP) is 3.22. The second-order valence-electron chi connectivity index (χ2n) is 6.15. The number of Topliss-reactive ketones (excluding diaryl/α,β-unsaturated/α-hetero) is 1. The van der Waals surface area contributed by atoms with Gasteiger partial charge in [0.25, 0.3) is 0 Å². The fourth-order valence-electron chi connectivity index (χ4n) is 3.22. The van der Waals surface area contributed by atoms with E-state index in [1.807, 2.05) is 20.0 Å². The summed E-state index contributed by atoms with van der Waals surface area (Å²) in [6.07, 6.45) is 6.69. The van der Waals surface area contributed by atoms with Gasteiger partial charge in [0.1, 0.15) is 11.4 Å². The smallest absolute Gasteiger partial charge is 0.175 e. The number of hydrogen-bond donors (Lipinski definition) is 0. The molecule has 6 heteroatoms. The number of carbonyl (C=O) groups is 1. The molecule has 1 aliphatic rings. The molecule has 0 bridgehead atoms. The van der Waals surface area contributed by atoms with Crippen molar-refractivity contribution in [2.24, 2.45) is 7.05 Å². The fourth-order valence-corrected chi connectivity index (χ4v) is 4.17. The third kappa shape index (κ3) is 2.60. The molecule has 1 aliphatic carbocycles. The van der Waals surface area contributed by atoms with Crippen molar-refractivity contribution in [1.29, 1.82) is 0 Å². The van der Waals surface area contributed by atoms with Crippen LogP contribution < -0.4 is 0 Å². The first-order chi connectivity index (χ1) is 11.6. The molecule has 2 aromatic heterocycles. The van der Waals surface area contributed by atoms with Gasteiger partial charge in [-0.15, -0.1) is 0 Å². The zero-order valence-electron chi connectivity index (χ0n) is 13.7. The van der Waals surface area contributed by atoms with Crippen molar-refractivity contribution in [1.82, 2.24) is 19.7 Å². The van der Waals surface area contributed by atoms with Crippen LogP contribution in [-0.4, -0.2) is 30.8 Å². The average molecular weight is 338 g/mol. The highest BCUT2D eigenvalue weighted by molar-refractivity contribution is 8.00. The lowest BCUT2D eigenvalue weighted by Crippen LogP contribution is -2.14. The van der Waals surface area contributed by atoms with E-state index in [1.165, 1.54) is 35.6 Å². The summed E-state index contributed by atoms with van der Waals surface area (Å²) in [6, 6.07) is 6.14. The van der Waals surface area contributed by atoms with Crippen molar-refractivity contribution in [2.45, 2.75) is 36.5 Å². The van der Waals surface area contributed by atoms with Crippen LogP contribution in [0.2, 0.25) is 0 Å². The SMILES string of the molecule is C[C@H](Sc1ncnc2c1cnn2C)C(=O)c1ccc2c(c1)CCC2. The van der Waals surface area contributed by atoms with Gasteiger partial charge in [0.15, 0.2) is 11.4 Å². The van der Waals surface area contributed by atoms with Gasteiger partial charge < -0.3 is 0 Å². The van der Waals surface area contributed by atoms with E-state index in [4.69, 9.17) is 0 Å². The minimum absolute atomic E-state index is 0.144. The molecule has 0 saturated heterocycles. The maximum Gasteiger partial charge on any atom is 0.175 e. The van der Waals surface area contributed by atoms with Crippen LogP contribution in [0, 0.1) is 0 Å². The predicted molar refractivity (Wildman–Crippen MR) is 94.4 cm³/mol. The van der Waals surface area contributed by atoms with Crippen molar-refractivity contribution in [3.05, 3.63) is 47.4 Å². The number of benzene rings is 1. The van der Waals surface area contributed by atoms with E-state index >= 15 is 0 Å². The van der Waals surface area contributed by atoms with Crippen LogP contribution >= 0.6 is 11.8 Å². The van der Waals surface area contributed by atoms with Crippen molar-refractivity contribution >= 4 is 28.6 Å². The zero-order valence-corrected chi connectivity index (χ0v) is 14.5. The van der Waals surface area contributed by atoms with Gasteiger partial charge in [-0.05, 0) is 43.4 Å². The maximum atomic E-state index is 12.8. The normalized spacial score (nSPS) is 14.8. The molecule has 0 radical (unpaired) electrons. The quantitative estimate of drug-likeness (QED) is 0.415. The second kappa shape index (κ2) is 6.02. The van der Waals surface area contributed by atoms with Crippen LogP contribution in [0.3, 0.4) is 0 Å². The molecular formula is C18H18N4OS. The van der Waals surface area contributed by atoms with Gasteiger partial charge in [-0.3, -0.25) is 9.48 Å². The van der Waals surface area contributed by atoms with E-state index in [0.717, 1.165) is 34.5 Å². The summed E-state index contributed by atoms with van der Waals surface area (Å²) in [5.74, 6) is 0.144. The number of hydrogen-bond acceptors (Lipinski definition) is 5. The summed E-state index contributed by atoms with van der Waals surface area (Å²) >= 11 is 1.47. The van der Waals surface area contributed by atoms with Crippen LogP contribution in [0.4, 0.5) is 0 Å². The van der Waals surface area contributed by atoms with Gasteiger partial charge >= 0.3 is 0 Å². The van der Waals surface area contributed by atoms with E-state index in [1.54, 1.807) is 10.9 Å². The van der Waals surface area contributed by atoms with E-state index in [0.29, 0.717) is 0 Å². The van der Waals surface area contributed by atoms with E-state index < -0.39 is 0 Å². The van der Waals surface area contributed by atoms with Crippen molar-refractivity contribution in [3.8, 4) is 0 Å². The zero-order chi connectivity index (χ0) is 16.7. The standard InChI is InChI=1S/C18H18N4OS/c1-11(16(23)14-7-6-12-4-3-5-13(12)8-14)24-18-15-9-21-22(2)17(15)19-10-20-18/h6-11H,3-5H2,1-2H3/t11-/m0/s1. The number of aryl methyl sites for hydroxylation is 3. The van der Waals surface area contributed by atoms with Crippen LogP contribution in [0.25, 0.3) is 11.0 Å². The molecule has 5 nitrogen and oxygen atoms in total. The molecule has 1 aromatic carbocycles. The van der Waals surface area contributed by atoms with Gasteiger partial charge in [0, 0.05) is 12.6 Å². The van der Waals surface area contributed by atoms with E-state index in [-0.39, 0.29) is 11.0 Å². The lowest BCUT2D eigenvalue weighted by Gasteiger charge is -2.11. The number of fused-ring (bicyclic) bond motifs is 2. The summed E-state index contributed by atoms with van der Waals surface area (Å²) < 4.78 is 1.72. The first-order valence-electron chi connectivity index (χ1n) is 8.09. The monoisotopic (exact) mass is 338 g/mol. The topological polar surface area (TPSA) is 60.7 Å². The Bertz CT molecular complexity index is 934. The van der Waals surface area contributed by atoms with Crippen molar-refractivity contribution in [2.75, 3.05) is 0 Å². The van der Waals surface area contributed by atoms with Crippen LogP contribution in [-0.2, 0) is 19.9 Å². The third-order valence-electron chi connectivity index (χ3n) is 4.53. The molecule has 1 atom stereocenters. The lowest BCUT2D eigenvalue weighted by atomic mass is 10.0. The molecule has 0 amide bonds. The number of aromatic nitrogens is 4. The maximum absolute atomic E-state index is 12.8. The number of thioether (sulfide) groups is 1. The minimum Gasteiger partial charge on any atom is -0.293 e. The molecule has 0 spiro atoms. The summed E-state index contributed by atoms with van der Waals surface area (Å²) in [6.45, 7) is 1.94. The Morgan fingerprint density at radius 3 is 2.96 bits per heavy atom. The molecule has 4 rings (SSSR count). The summed E-state index contributed by atoms with van der Waals surface area (Å²) in [7, 11) is 1.85. The number of ketones is 1. The minimum atomic E-state index is -0.206. The Labute approximate surface area is 144 Å². The Morgan fingerprint density at radius 2 is 2.08 bits per heavy atom. The first-order valence-corrected chi connectivity index (χ1v) is 8.97. The number of nitrogens with zero attached hydrogens (tertiary/aromatic N) is 4. The van der Waals surface area contributed by atoms with Gasteiger partial charge in [0.05, 0.1) is 16.8 Å². The Hall–Kier alpha value is -2.21. The van der Waals surface area contributed by atoms with Gasteiger partial charge in [-0.1, -0.05) is 23.9 Å². The van der Waals surface area contributed by atoms with Crippen LogP contribution in [0.15, 0.2) is 35.7 Å². The number of carbonyl (C=O) groups excluding carboxylic acids is 1. The van der Waals surface area contributed by atoms with E-state index in [9.17, 15) is 4.79 Å². The molecular weight excluding hydrogens is 320 g/mol. The molecule has 0 N–H and O–H groups in total. The van der Waals surface area contributed by atoms with Gasteiger partial charge in [0.2, 0.25) is 0 Å². The highest BCUT2D eigenvalue weighted by Gasteiger charge is 2.21. The highest BCUT2D eigenvalue weighted by atomic mass is 32.2. The molecule has 3 aromatic rings. The van der Waals surface area contributed by atoms with Crippen LogP contribution in [0.5, 0.6) is 0 Å². The lowest BCUT2D eigenvalue weighted by molar-refractivity contribution is 0.0994. The van der Waals surface area contributed by atoms with E-state index in [2.05, 4.69) is 27.2 Å². The number of rotatable bonds is 4. The third-order valence-corrected chi connectivity index (χ3v) is 5.65. The molecule has 0 unspecified atom stereocenters. The van der Waals surface area contributed by atoms with Gasteiger partial charge in [-0.25, -0.2) is 9.97 Å². The first kappa shape index (κ1) is 15.3. The van der Waals surface area contributed by atoms with Crippen molar-refractivity contribution in [3.63, 3.8) is 0 Å². The highest BCUT2D eigenvalue weighted by Crippen LogP contribution is 2.30. The van der Waals surface area contributed by atoms with Crippen molar-refractivity contribution < 1.29 is 4.79 Å². The summed E-state index contributed by atoms with van der Waals surface area (Å²) in [5.41, 5.74) is 4.30. The molecule has 2 heterocycles. The molecule has 0 fully saturated rings. The van der Waals surface area contributed by atoms with Gasteiger partial charge in [-0.2, -0.15) is 5.10 Å². The summed E-state index contributed by atoms with van der Waals surface area (Å²) in [5, 5.41) is 5.70. The second-order valence-corrected chi connectivity index (χ2v) is 7.48. The molecule has 0 saturated carbocycles. The largest absolute Gasteiger partial charge is 0.293 e. The molecule has 24 heavy (non-hydrogen) atoms. The average Bonchev–Trinajstić information content (AvgIpc) is 3.21. The van der Waals surface area contributed by atoms with Crippen LogP contribution in [0.1, 0.15) is 34.8 Å². The Morgan fingerprint density at radius 1 is 1.25 bits per heavy atom. The summed E-state index contributed by atoms with van der Waals surface area (Å²) in [4.78, 5) is 21.4. The molecule has 122 valence electrons.